The van der Waals surface area contributed by atoms with Gasteiger partial charge < -0.3 is 15.3 Å². The van der Waals surface area contributed by atoms with E-state index in [2.05, 4.69) is 5.32 Å². The van der Waals surface area contributed by atoms with Gasteiger partial charge in [0.05, 0.1) is 6.10 Å². The molecule has 2 amide bonds. The van der Waals surface area contributed by atoms with Crippen molar-refractivity contribution in [2.24, 2.45) is 0 Å². The predicted octanol–water partition coefficient (Wildman–Crippen LogP) is 0.462. The Morgan fingerprint density at radius 2 is 2.12 bits per heavy atom. The van der Waals surface area contributed by atoms with Crippen molar-refractivity contribution in [3.8, 4) is 0 Å². The summed E-state index contributed by atoms with van der Waals surface area (Å²) in [7, 11) is 0. The molecule has 5 nitrogen and oxygen atoms in total. The van der Waals surface area contributed by atoms with Crippen LogP contribution in [0.15, 0.2) is 24.3 Å². The molecule has 2 N–H and O–H groups in total. The number of benzene rings is 1. The molecule has 1 saturated heterocycles. The Morgan fingerprint density at radius 3 is 2.65 bits per heavy atom. The van der Waals surface area contributed by atoms with Crippen molar-refractivity contribution in [2.45, 2.75) is 12.5 Å². The second-order valence-electron chi connectivity index (χ2n) is 4.03. The standard InChI is InChI=1S/C12H14N2O3/c15-8-13-10-3-1-9(2-4-10)12(17)14-6-5-11(16)7-14/h1-4,8,11,16H,5-7H2,(H,13,15)/t11-/m1/s1. The van der Waals surface area contributed by atoms with Crippen molar-refractivity contribution >= 4 is 18.0 Å². The molecule has 1 atom stereocenters. The number of carbonyl (C=O) groups excluding carboxylic acids is 2. The van der Waals surface area contributed by atoms with Gasteiger partial charge in [0, 0.05) is 24.3 Å². The molecule has 0 saturated carbocycles. The zero-order valence-corrected chi connectivity index (χ0v) is 9.30. The molecule has 17 heavy (non-hydrogen) atoms. The fourth-order valence-corrected chi connectivity index (χ4v) is 1.89. The second-order valence-corrected chi connectivity index (χ2v) is 4.03. The van der Waals surface area contributed by atoms with E-state index < -0.39 is 6.10 Å². The Kier molecular flexibility index (Phi) is 3.39. The van der Waals surface area contributed by atoms with E-state index >= 15 is 0 Å². The fraction of sp³-hybridized carbons (Fsp3) is 0.333. The van der Waals surface area contributed by atoms with Gasteiger partial charge in [0.15, 0.2) is 0 Å². The number of carbonyl (C=O) groups is 2. The van der Waals surface area contributed by atoms with Gasteiger partial charge in [0.2, 0.25) is 6.41 Å². The summed E-state index contributed by atoms with van der Waals surface area (Å²) in [4.78, 5) is 23.8. The molecule has 2 rings (SSSR count). The van der Waals surface area contributed by atoms with Gasteiger partial charge in [-0.3, -0.25) is 9.59 Å². The lowest BCUT2D eigenvalue weighted by molar-refractivity contribution is -0.105. The number of nitrogens with one attached hydrogen (secondary N) is 1. The molecule has 90 valence electrons. The van der Waals surface area contributed by atoms with Gasteiger partial charge in [-0.2, -0.15) is 0 Å². The highest BCUT2D eigenvalue weighted by Crippen LogP contribution is 2.15. The first kappa shape index (κ1) is 11.6. The van der Waals surface area contributed by atoms with E-state index in [-0.39, 0.29) is 5.91 Å². The van der Waals surface area contributed by atoms with E-state index in [0.29, 0.717) is 37.2 Å². The van der Waals surface area contributed by atoms with Crippen LogP contribution < -0.4 is 5.32 Å². The van der Waals surface area contributed by atoms with Crippen LogP contribution in [0.5, 0.6) is 0 Å². The maximum absolute atomic E-state index is 12.0. The molecule has 1 aromatic carbocycles. The summed E-state index contributed by atoms with van der Waals surface area (Å²) in [5.74, 6) is -0.0841. The molecule has 5 heteroatoms. The Morgan fingerprint density at radius 1 is 1.41 bits per heavy atom. The largest absolute Gasteiger partial charge is 0.391 e. The van der Waals surface area contributed by atoms with Crippen molar-refractivity contribution in [3.05, 3.63) is 29.8 Å². The predicted molar refractivity (Wildman–Crippen MR) is 62.7 cm³/mol. The van der Waals surface area contributed by atoms with Crippen LogP contribution in [0.2, 0.25) is 0 Å². The molecule has 0 aliphatic carbocycles. The van der Waals surface area contributed by atoms with Crippen molar-refractivity contribution < 1.29 is 14.7 Å². The zero-order chi connectivity index (χ0) is 12.3. The number of anilines is 1. The smallest absolute Gasteiger partial charge is 0.253 e. The maximum atomic E-state index is 12.0. The number of aliphatic hydroxyl groups excluding tert-OH is 1. The summed E-state index contributed by atoms with van der Waals surface area (Å²) < 4.78 is 0. The zero-order valence-electron chi connectivity index (χ0n) is 9.30. The summed E-state index contributed by atoms with van der Waals surface area (Å²) in [6.07, 6.45) is 0.819. The lowest BCUT2D eigenvalue weighted by Crippen LogP contribution is -2.29. The first-order chi connectivity index (χ1) is 8.20. The first-order valence-corrected chi connectivity index (χ1v) is 5.48. The minimum atomic E-state index is -0.407. The van der Waals surface area contributed by atoms with E-state index in [0.717, 1.165) is 0 Å². The summed E-state index contributed by atoms with van der Waals surface area (Å²) in [5, 5.41) is 11.9. The third-order valence-electron chi connectivity index (χ3n) is 2.81. The van der Waals surface area contributed by atoms with Gasteiger partial charge in [-0.25, -0.2) is 0 Å². The minimum Gasteiger partial charge on any atom is -0.391 e. The van der Waals surface area contributed by atoms with Crippen LogP contribution in [0.4, 0.5) is 5.69 Å². The lowest BCUT2D eigenvalue weighted by atomic mass is 10.2. The highest BCUT2D eigenvalue weighted by molar-refractivity contribution is 5.95. The van der Waals surface area contributed by atoms with E-state index in [4.69, 9.17) is 0 Å². The Bertz CT molecular complexity index is 416. The highest BCUT2D eigenvalue weighted by atomic mass is 16.3. The number of β-amino-alcohol motifs (C(OH)–C–C–N with tert-alkyl or cyclic N) is 1. The average molecular weight is 234 g/mol. The molecule has 0 spiro atoms. The van der Waals surface area contributed by atoms with Gasteiger partial charge in [-0.05, 0) is 30.7 Å². The Hall–Kier alpha value is -1.88. The fourth-order valence-electron chi connectivity index (χ4n) is 1.89. The molecule has 0 bridgehead atoms. The van der Waals surface area contributed by atoms with Crippen LogP contribution in [-0.4, -0.2) is 41.5 Å². The normalized spacial score (nSPS) is 19.1. The summed E-state index contributed by atoms with van der Waals surface area (Å²) in [6, 6.07) is 6.68. The van der Waals surface area contributed by atoms with Crippen LogP contribution in [-0.2, 0) is 4.79 Å². The average Bonchev–Trinajstić information content (AvgIpc) is 2.76. The summed E-state index contributed by atoms with van der Waals surface area (Å²) >= 11 is 0. The van der Waals surface area contributed by atoms with E-state index in [1.54, 1.807) is 29.2 Å². The van der Waals surface area contributed by atoms with Gasteiger partial charge >= 0.3 is 0 Å². The number of rotatable bonds is 3. The number of hydrogen-bond donors (Lipinski definition) is 2. The van der Waals surface area contributed by atoms with Crippen LogP contribution in [0, 0.1) is 0 Å². The molecule has 1 fully saturated rings. The molecule has 1 aliphatic rings. The van der Waals surface area contributed by atoms with E-state index in [9.17, 15) is 14.7 Å². The lowest BCUT2D eigenvalue weighted by Gasteiger charge is -2.15. The number of hydrogen-bond acceptors (Lipinski definition) is 3. The molecular weight excluding hydrogens is 220 g/mol. The number of amides is 2. The van der Waals surface area contributed by atoms with Crippen molar-refractivity contribution in [1.29, 1.82) is 0 Å². The summed E-state index contributed by atoms with van der Waals surface area (Å²) in [5.41, 5.74) is 1.22. The molecule has 1 aromatic rings. The first-order valence-electron chi connectivity index (χ1n) is 5.48. The third-order valence-corrected chi connectivity index (χ3v) is 2.81. The van der Waals surface area contributed by atoms with Crippen molar-refractivity contribution in [2.75, 3.05) is 18.4 Å². The van der Waals surface area contributed by atoms with E-state index in [1.807, 2.05) is 0 Å². The molecule has 0 radical (unpaired) electrons. The number of likely N-dealkylation sites (tertiary alicyclic amines) is 1. The topological polar surface area (TPSA) is 69.6 Å². The third kappa shape index (κ3) is 2.62. The molecule has 1 aliphatic heterocycles. The van der Waals surface area contributed by atoms with E-state index in [1.165, 1.54) is 0 Å². The van der Waals surface area contributed by atoms with Gasteiger partial charge in [-0.1, -0.05) is 0 Å². The molecule has 0 unspecified atom stereocenters. The van der Waals surface area contributed by atoms with Gasteiger partial charge in [0.1, 0.15) is 0 Å². The van der Waals surface area contributed by atoms with Crippen molar-refractivity contribution in [1.82, 2.24) is 4.90 Å². The Labute approximate surface area is 99.0 Å². The maximum Gasteiger partial charge on any atom is 0.253 e. The second kappa shape index (κ2) is 4.97. The SMILES string of the molecule is O=CNc1ccc(C(=O)N2CC[C@@H](O)C2)cc1. The summed E-state index contributed by atoms with van der Waals surface area (Å²) in [6.45, 7) is 0.988. The van der Waals surface area contributed by atoms with Crippen LogP contribution in [0.3, 0.4) is 0 Å². The van der Waals surface area contributed by atoms with Crippen LogP contribution in [0.1, 0.15) is 16.8 Å². The molecule has 1 heterocycles. The molecular formula is C12H14N2O3. The highest BCUT2D eigenvalue weighted by Gasteiger charge is 2.25. The van der Waals surface area contributed by atoms with Gasteiger partial charge in [-0.15, -0.1) is 0 Å². The Balaban J connectivity index is 2.06. The van der Waals surface area contributed by atoms with Crippen molar-refractivity contribution in [3.63, 3.8) is 0 Å². The monoisotopic (exact) mass is 234 g/mol. The van der Waals surface area contributed by atoms with Crippen LogP contribution in [0.25, 0.3) is 0 Å². The van der Waals surface area contributed by atoms with Gasteiger partial charge in [0.25, 0.3) is 5.91 Å². The number of aliphatic hydroxyl groups is 1. The minimum absolute atomic E-state index is 0.0841. The molecule has 0 aromatic heterocycles. The van der Waals surface area contributed by atoms with Crippen LogP contribution >= 0.6 is 0 Å². The number of nitrogens with zero attached hydrogens (tertiary/aromatic N) is 1. The quantitative estimate of drug-likeness (QED) is 0.746.